The fourth-order valence-corrected chi connectivity index (χ4v) is 4.51. The molecule has 30 heavy (non-hydrogen) atoms. The zero-order valence-electron chi connectivity index (χ0n) is 17.9. The number of nitrogens with one attached hydrogen (secondary N) is 1. The van der Waals surface area contributed by atoms with Gasteiger partial charge in [-0.3, -0.25) is 9.52 Å². The van der Waals surface area contributed by atoms with Crippen LogP contribution >= 0.6 is 0 Å². The molecule has 0 radical (unpaired) electrons. The molecule has 162 valence electrons. The lowest BCUT2D eigenvalue weighted by Gasteiger charge is -2.17. The molecule has 1 aliphatic rings. The van der Waals surface area contributed by atoms with Crippen molar-refractivity contribution in [2.24, 2.45) is 0 Å². The molecule has 8 heteroatoms. The molecule has 0 aliphatic carbocycles. The molecule has 1 amide bonds. The monoisotopic (exact) mass is 431 g/mol. The molecule has 1 saturated heterocycles. The first-order valence-electron chi connectivity index (χ1n) is 10.2. The summed E-state index contributed by atoms with van der Waals surface area (Å²) in [5.74, 6) is 0.879. The van der Waals surface area contributed by atoms with Crippen LogP contribution in [0.2, 0.25) is 0 Å². The smallest absolute Gasteiger partial charge is 0.261 e. The summed E-state index contributed by atoms with van der Waals surface area (Å²) >= 11 is 0. The van der Waals surface area contributed by atoms with Gasteiger partial charge in [0, 0.05) is 25.5 Å². The molecule has 0 spiro atoms. The van der Waals surface area contributed by atoms with Gasteiger partial charge < -0.3 is 9.64 Å². The Bertz CT molecular complexity index is 1000. The minimum absolute atomic E-state index is 0.102. The van der Waals surface area contributed by atoms with Crippen LogP contribution in [0.5, 0.6) is 5.88 Å². The molecule has 1 unspecified atom stereocenters. The molecule has 2 heterocycles. The SMILES string of the molecule is CCC(=O)N1CCC(Oc2ccc(NS(=O)(=O)c3ccc(C(C)C)cc3)c(C)n2)C1. The van der Waals surface area contributed by atoms with Gasteiger partial charge in [-0.25, -0.2) is 13.4 Å². The van der Waals surface area contributed by atoms with Gasteiger partial charge in [0.15, 0.2) is 0 Å². The molecule has 2 aromatic rings. The summed E-state index contributed by atoms with van der Waals surface area (Å²) in [5.41, 5.74) is 2.01. The molecular formula is C22H29N3O4S. The van der Waals surface area contributed by atoms with E-state index in [0.29, 0.717) is 42.7 Å². The third-order valence-electron chi connectivity index (χ3n) is 5.25. The fourth-order valence-electron chi connectivity index (χ4n) is 3.39. The second kappa shape index (κ2) is 9.04. The average molecular weight is 432 g/mol. The molecule has 1 aliphatic heterocycles. The third kappa shape index (κ3) is 5.11. The van der Waals surface area contributed by atoms with Gasteiger partial charge in [0.1, 0.15) is 6.10 Å². The van der Waals surface area contributed by atoms with E-state index < -0.39 is 10.0 Å². The summed E-state index contributed by atoms with van der Waals surface area (Å²) < 4.78 is 33.9. The van der Waals surface area contributed by atoms with Crippen LogP contribution in [0.25, 0.3) is 0 Å². The lowest BCUT2D eigenvalue weighted by Crippen LogP contribution is -2.30. The summed E-state index contributed by atoms with van der Waals surface area (Å²) in [6, 6.07) is 10.2. The number of aryl methyl sites for hydroxylation is 1. The van der Waals surface area contributed by atoms with Gasteiger partial charge in [0.2, 0.25) is 11.8 Å². The van der Waals surface area contributed by atoms with Gasteiger partial charge in [-0.2, -0.15) is 0 Å². The van der Waals surface area contributed by atoms with Crippen LogP contribution in [0.1, 0.15) is 50.8 Å². The van der Waals surface area contributed by atoms with Crippen molar-refractivity contribution in [1.29, 1.82) is 0 Å². The molecule has 1 N–H and O–H groups in total. The van der Waals surface area contributed by atoms with Gasteiger partial charge >= 0.3 is 0 Å². The minimum atomic E-state index is -3.71. The largest absolute Gasteiger partial charge is 0.472 e. The highest BCUT2D eigenvalue weighted by atomic mass is 32.2. The van der Waals surface area contributed by atoms with Crippen molar-refractivity contribution < 1.29 is 17.9 Å². The number of nitrogens with zero attached hydrogens (tertiary/aromatic N) is 2. The second-order valence-corrected chi connectivity index (χ2v) is 9.52. The highest BCUT2D eigenvalue weighted by molar-refractivity contribution is 7.92. The Hall–Kier alpha value is -2.61. The number of carbonyl (C=O) groups excluding carboxylic acids is 1. The van der Waals surface area contributed by atoms with Gasteiger partial charge in [0.05, 0.1) is 22.8 Å². The number of anilines is 1. The molecule has 1 aromatic heterocycles. The third-order valence-corrected chi connectivity index (χ3v) is 6.63. The molecule has 7 nitrogen and oxygen atoms in total. The molecule has 0 bridgehead atoms. The number of carbonyl (C=O) groups is 1. The number of sulfonamides is 1. The Morgan fingerprint density at radius 2 is 1.93 bits per heavy atom. The normalized spacial score (nSPS) is 16.7. The van der Waals surface area contributed by atoms with Crippen LogP contribution in [0.4, 0.5) is 5.69 Å². The molecule has 1 aromatic carbocycles. The van der Waals surface area contributed by atoms with Gasteiger partial charge in [-0.05, 0) is 36.6 Å². The Morgan fingerprint density at radius 1 is 1.23 bits per heavy atom. The van der Waals surface area contributed by atoms with E-state index in [1.165, 1.54) is 0 Å². The zero-order chi connectivity index (χ0) is 21.9. The predicted molar refractivity (Wildman–Crippen MR) is 116 cm³/mol. The van der Waals surface area contributed by atoms with Crippen LogP contribution in [0, 0.1) is 6.92 Å². The van der Waals surface area contributed by atoms with Gasteiger partial charge in [-0.1, -0.05) is 32.9 Å². The molecule has 0 saturated carbocycles. The van der Waals surface area contributed by atoms with Crippen LogP contribution in [-0.2, 0) is 14.8 Å². The van der Waals surface area contributed by atoms with Crippen molar-refractivity contribution in [3.05, 3.63) is 47.7 Å². The summed E-state index contributed by atoms with van der Waals surface area (Å²) in [5, 5.41) is 0. The number of pyridine rings is 1. The maximum absolute atomic E-state index is 12.7. The van der Waals surface area contributed by atoms with Gasteiger partial charge in [-0.15, -0.1) is 0 Å². The number of likely N-dealkylation sites (tertiary alicyclic amines) is 1. The van der Waals surface area contributed by atoms with E-state index in [1.54, 1.807) is 36.1 Å². The zero-order valence-corrected chi connectivity index (χ0v) is 18.7. The van der Waals surface area contributed by atoms with E-state index in [2.05, 4.69) is 23.6 Å². The molecule has 3 rings (SSSR count). The first-order valence-corrected chi connectivity index (χ1v) is 11.7. The number of aromatic nitrogens is 1. The highest BCUT2D eigenvalue weighted by Crippen LogP contribution is 2.24. The first kappa shape index (κ1) is 22.1. The Kier molecular flexibility index (Phi) is 6.65. The quantitative estimate of drug-likeness (QED) is 0.722. The van der Waals surface area contributed by atoms with Crippen LogP contribution in [-0.4, -0.2) is 43.4 Å². The standard InChI is InChI=1S/C22H29N3O4S/c1-5-22(26)25-13-12-18(14-25)29-21-11-10-20(16(4)23-21)24-30(27,28)19-8-6-17(7-9-19)15(2)3/h6-11,15,18,24H,5,12-14H2,1-4H3. The van der Waals surface area contributed by atoms with Crippen LogP contribution in [0.15, 0.2) is 41.3 Å². The summed E-state index contributed by atoms with van der Waals surface area (Å²) in [7, 11) is -3.71. The molecule has 1 atom stereocenters. The summed E-state index contributed by atoms with van der Waals surface area (Å²) in [6.45, 7) is 8.93. The Morgan fingerprint density at radius 3 is 2.53 bits per heavy atom. The van der Waals surface area contributed by atoms with E-state index in [-0.39, 0.29) is 16.9 Å². The topological polar surface area (TPSA) is 88.6 Å². The van der Waals surface area contributed by atoms with Crippen molar-refractivity contribution in [2.75, 3.05) is 17.8 Å². The Labute approximate surface area is 178 Å². The summed E-state index contributed by atoms with van der Waals surface area (Å²) in [6.07, 6.45) is 1.14. The molecule has 1 fully saturated rings. The van der Waals surface area contributed by atoms with E-state index in [0.717, 1.165) is 12.0 Å². The highest BCUT2D eigenvalue weighted by Gasteiger charge is 2.27. The summed E-state index contributed by atoms with van der Waals surface area (Å²) in [4.78, 5) is 18.2. The number of hydrogen-bond acceptors (Lipinski definition) is 5. The van der Waals surface area contributed by atoms with Crippen molar-refractivity contribution in [3.63, 3.8) is 0 Å². The number of rotatable bonds is 7. The van der Waals surface area contributed by atoms with Crippen LogP contribution in [0.3, 0.4) is 0 Å². The second-order valence-electron chi connectivity index (χ2n) is 7.83. The molecular weight excluding hydrogens is 402 g/mol. The van der Waals surface area contributed by atoms with E-state index in [4.69, 9.17) is 4.74 Å². The van der Waals surface area contributed by atoms with Crippen molar-refractivity contribution in [1.82, 2.24) is 9.88 Å². The number of ether oxygens (including phenoxy) is 1. The number of amides is 1. The lowest BCUT2D eigenvalue weighted by molar-refractivity contribution is -0.130. The van der Waals surface area contributed by atoms with Gasteiger partial charge in [0.25, 0.3) is 10.0 Å². The number of benzene rings is 1. The van der Waals surface area contributed by atoms with E-state index >= 15 is 0 Å². The van der Waals surface area contributed by atoms with Crippen molar-refractivity contribution in [3.8, 4) is 5.88 Å². The Balaban J connectivity index is 1.67. The lowest BCUT2D eigenvalue weighted by atomic mass is 10.0. The maximum Gasteiger partial charge on any atom is 0.261 e. The van der Waals surface area contributed by atoms with E-state index in [9.17, 15) is 13.2 Å². The van der Waals surface area contributed by atoms with Crippen LogP contribution < -0.4 is 9.46 Å². The average Bonchev–Trinajstić information content (AvgIpc) is 3.18. The van der Waals surface area contributed by atoms with E-state index in [1.807, 2.05) is 19.1 Å². The predicted octanol–water partition coefficient (Wildman–Crippen LogP) is 3.70. The van der Waals surface area contributed by atoms with Crippen molar-refractivity contribution in [2.45, 2.75) is 57.5 Å². The number of hydrogen-bond donors (Lipinski definition) is 1. The fraction of sp³-hybridized carbons (Fsp3) is 0.455. The minimum Gasteiger partial charge on any atom is -0.472 e. The first-order chi connectivity index (χ1) is 14.2. The van der Waals surface area contributed by atoms with Crippen molar-refractivity contribution >= 4 is 21.6 Å². The maximum atomic E-state index is 12.7.